The van der Waals surface area contributed by atoms with Gasteiger partial charge in [-0.1, -0.05) is 26.0 Å². The van der Waals surface area contributed by atoms with E-state index in [0.29, 0.717) is 31.7 Å². The summed E-state index contributed by atoms with van der Waals surface area (Å²) in [6.45, 7) is 6.93. The van der Waals surface area contributed by atoms with Crippen molar-refractivity contribution in [3.8, 4) is 17.0 Å². The number of hydrogen-bond donors (Lipinski definition) is 0. The molecule has 2 aromatic carbocycles. The molecule has 9 heteroatoms. The summed E-state index contributed by atoms with van der Waals surface area (Å²) in [5.74, 6) is 0.945. The summed E-state index contributed by atoms with van der Waals surface area (Å²) in [5, 5.41) is 8.85. The smallest absolute Gasteiger partial charge is 0.254 e. The highest BCUT2D eigenvalue weighted by Crippen LogP contribution is 2.23. The minimum Gasteiger partial charge on any atom is -0.497 e. The van der Waals surface area contributed by atoms with Gasteiger partial charge < -0.3 is 19.4 Å². The third-order valence-electron chi connectivity index (χ3n) is 6.48. The van der Waals surface area contributed by atoms with E-state index in [2.05, 4.69) is 15.1 Å². The van der Waals surface area contributed by atoms with Crippen LogP contribution in [0.1, 0.15) is 30.6 Å². The summed E-state index contributed by atoms with van der Waals surface area (Å²) >= 11 is 0. The molecule has 0 radical (unpaired) electrons. The van der Waals surface area contributed by atoms with Crippen LogP contribution < -0.4 is 9.64 Å². The summed E-state index contributed by atoms with van der Waals surface area (Å²) in [7, 11) is 1.63. The van der Waals surface area contributed by atoms with Gasteiger partial charge in [0.1, 0.15) is 18.1 Å². The summed E-state index contributed by atoms with van der Waals surface area (Å²) in [4.78, 5) is 31.8. The van der Waals surface area contributed by atoms with E-state index >= 15 is 0 Å². The van der Waals surface area contributed by atoms with Crippen molar-refractivity contribution in [2.24, 2.45) is 5.92 Å². The van der Waals surface area contributed by atoms with Crippen LogP contribution in [0.15, 0.2) is 60.7 Å². The third kappa shape index (κ3) is 6.85. The number of aromatic nitrogens is 2. The lowest BCUT2D eigenvalue weighted by molar-refractivity contribution is -0.131. The SMILES string of the molecule is COc1cccc(-c2ccc(N3CCCN(C(=O)CN(CC(C)C)C(=O)c4ccc(F)cc4)CC3)nn2)c1. The van der Waals surface area contributed by atoms with Gasteiger partial charge in [0.2, 0.25) is 5.91 Å². The van der Waals surface area contributed by atoms with Gasteiger partial charge in [0.25, 0.3) is 5.91 Å². The molecule has 0 aliphatic carbocycles. The van der Waals surface area contributed by atoms with Gasteiger partial charge >= 0.3 is 0 Å². The Balaban J connectivity index is 1.38. The van der Waals surface area contributed by atoms with Crippen LogP contribution in [-0.4, -0.2) is 78.2 Å². The number of carbonyl (C=O) groups is 2. The number of anilines is 1. The van der Waals surface area contributed by atoms with Crippen molar-refractivity contribution in [3.63, 3.8) is 0 Å². The van der Waals surface area contributed by atoms with Crippen molar-refractivity contribution < 1.29 is 18.7 Å². The highest BCUT2D eigenvalue weighted by atomic mass is 19.1. The Kier molecular flexibility index (Phi) is 8.89. The lowest BCUT2D eigenvalue weighted by Crippen LogP contribution is -2.45. The van der Waals surface area contributed by atoms with Crippen LogP contribution in [-0.2, 0) is 4.79 Å². The molecule has 2 heterocycles. The molecule has 0 bridgehead atoms. The molecule has 200 valence electrons. The van der Waals surface area contributed by atoms with Crippen LogP contribution in [0.5, 0.6) is 5.75 Å². The van der Waals surface area contributed by atoms with E-state index in [4.69, 9.17) is 4.74 Å². The number of rotatable bonds is 8. The molecule has 1 fully saturated rings. The number of ether oxygens (including phenoxy) is 1. The van der Waals surface area contributed by atoms with E-state index in [1.165, 1.54) is 24.3 Å². The van der Waals surface area contributed by atoms with E-state index in [0.717, 1.165) is 35.8 Å². The Morgan fingerprint density at radius 1 is 1.00 bits per heavy atom. The van der Waals surface area contributed by atoms with Crippen molar-refractivity contribution in [2.45, 2.75) is 20.3 Å². The number of carbonyl (C=O) groups excluding carboxylic acids is 2. The normalized spacial score (nSPS) is 13.8. The van der Waals surface area contributed by atoms with Crippen molar-refractivity contribution in [2.75, 3.05) is 51.3 Å². The summed E-state index contributed by atoms with van der Waals surface area (Å²) in [6, 6.07) is 17.0. The molecule has 38 heavy (non-hydrogen) atoms. The van der Waals surface area contributed by atoms with E-state index in [-0.39, 0.29) is 24.3 Å². The number of nitrogens with zero attached hydrogens (tertiary/aromatic N) is 5. The predicted octanol–water partition coefficient (Wildman–Crippen LogP) is 4.13. The highest BCUT2D eigenvalue weighted by Gasteiger charge is 2.25. The first kappa shape index (κ1) is 27.0. The maximum Gasteiger partial charge on any atom is 0.254 e. The second kappa shape index (κ2) is 12.5. The quantitative estimate of drug-likeness (QED) is 0.445. The molecule has 0 saturated carbocycles. The summed E-state index contributed by atoms with van der Waals surface area (Å²) in [6.07, 6.45) is 0.779. The molecule has 8 nitrogen and oxygen atoms in total. The van der Waals surface area contributed by atoms with Crippen molar-refractivity contribution >= 4 is 17.6 Å². The molecule has 1 saturated heterocycles. The highest BCUT2D eigenvalue weighted by molar-refractivity contribution is 5.96. The number of benzene rings is 2. The second-order valence-corrected chi connectivity index (χ2v) is 9.82. The molecule has 4 rings (SSSR count). The first-order chi connectivity index (χ1) is 18.3. The molecule has 1 aliphatic heterocycles. The topological polar surface area (TPSA) is 78.9 Å². The monoisotopic (exact) mass is 519 g/mol. The van der Waals surface area contributed by atoms with Crippen LogP contribution in [0.3, 0.4) is 0 Å². The third-order valence-corrected chi connectivity index (χ3v) is 6.48. The molecule has 0 unspecified atom stereocenters. The molecule has 3 aromatic rings. The molecule has 0 N–H and O–H groups in total. The van der Waals surface area contributed by atoms with Gasteiger partial charge in [0, 0.05) is 43.9 Å². The Labute approximate surface area is 223 Å². The van der Waals surface area contributed by atoms with Crippen LogP contribution in [0.4, 0.5) is 10.2 Å². The van der Waals surface area contributed by atoms with E-state index < -0.39 is 5.82 Å². The van der Waals surface area contributed by atoms with Crippen molar-refractivity contribution in [1.29, 1.82) is 0 Å². The van der Waals surface area contributed by atoms with Crippen LogP contribution in [0, 0.1) is 11.7 Å². The van der Waals surface area contributed by atoms with Gasteiger partial charge in [-0.05, 0) is 60.9 Å². The predicted molar refractivity (Wildman–Crippen MR) is 145 cm³/mol. The standard InChI is InChI=1S/C29H34FN5O3/c1-21(2)19-35(29(37)22-8-10-24(30)11-9-22)20-28(36)34-15-5-14-33(16-17-34)27-13-12-26(31-32-27)23-6-4-7-25(18-23)38-3/h4,6-13,18,21H,5,14-17,19-20H2,1-3H3. The molecule has 0 atom stereocenters. The van der Waals surface area contributed by atoms with Gasteiger partial charge in [-0.2, -0.15) is 0 Å². The maximum atomic E-state index is 13.3. The van der Waals surface area contributed by atoms with Gasteiger partial charge in [-0.15, -0.1) is 10.2 Å². The Morgan fingerprint density at radius 2 is 1.79 bits per heavy atom. The minimum atomic E-state index is -0.401. The van der Waals surface area contributed by atoms with Gasteiger partial charge in [0.15, 0.2) is 5.82 Å². The zero-order valence-corrected chi connectivity index (χ0v) is 22.1. The number of hydrogen-bond acceptors (Lipinski definition) is 6. The average molecular weight is 520 g/mol. The van der Waals surface area contributed by atoms with E-state index in [1.807, 2.05) is 55.1 Å². The molecular formula is C29H34FN5O3. The molecular weight excluding hydrogens is 485 g/mol. The Morgan fingerprint density at radius 3 is 2.47 bits per heavy atom. The second-order valence-electron chi connectivity index (χ2n) is 9.82. The fourth-order valence-electron chi connectivity index (χ4n) is 4.52. The lowest BCUT2D eigenvalue weighted by Gasteiger charge is -2.28. The number of halogens is 1. The largest absolute Gasteiger partial charge is 0.497 e. The average Bonchev–Trinajstić information content (AvgIpc) is 3.19. The van der Waals surface area contributed by atoms with Gasteiger partial charge in [-0.25, -0.2) is 4.39 Å². The number of amides is 2. The first-order valence-electron chi connectivity index (χ1n) is 12.9. The Hall–Kier alpha value is -4.01. The summed E-state index contributed by atoms with van der Waals surface area (Å²) in [5.41, 5.74) is 2.06. The van der Waals surface area contributed by atoms with Crippen molar-refractivity contribution in [1.82, 2.24) is 20.0 Å². The molecule has 1 aromatic heterocycles. The fraction of sp³-hybridized carbons (Fsp3) is 0.379. The van der Waals surface area contributed by atoms with Crippen LogP contribution >= 0.6 is 0 Å². The van der Waals surface area contributed by atoms with Gasteiger partial charge in [-0.3, -0.25) is 9.59 Å². The molecule has 0 spiro atoms. The fourth-order valence-corrected chi connectivity index (χ4v) is 4.52. The zero-order valence-electron chi connectivity index (χ0n) is 22.1. The lowest BCUT2D eigenvalue weighted by atomic mass is 10.1. The Bertz CT molecular complexity index is 1230. The molecule has 1 aliphatic rings. The van der Waals surface area contributed by atoms with Crippen molar-refractivity contribution in [3.05, 3.63) is 72.0 Å². The number of methoxy groups -OCH3 is 1. The minimum absolute atomic E-state index is 0.0105. The van der Waals surface area contributed by atoms with Gasteiger partial charge in [0.05, 0.1) is 12.8 Å². The zero-order chi connectivity index (χ0) is 27.1. The van der Waals surface area contributed by atoms with Crippen LogP contribution in [0.2, 0.25) is 0 Å². The van der Waals surface area contributed by atoms with Crippen LogP contribution in [0.25, 0.3) is 11.3 Å². The first-order valence-corrected chi connectivity index (χ1v) is 12.9. The maximum absolute atomic E-state index is 13.3. The van der Waals surface area contributed by atoms with E-state index in [1.54, 1.807) is 12.0 Å². The van der Waals surface area contributed by atoms with E-state index in [9.17, 15) is 14.0 Å². The summed E-state index contributed by atoms with van der Waals surface area (Å²) < 4.78 is 18.6. The molecule has 2 amide bonds.